The highest BCUT2D eigenvalue weighted by molar-refractivity contribution is 7.22. The topological polar surface area (TPSA) is 12.9 Å². The molecule has 0 aliphatic rings. The second kappa shape index (κ2) is 5.64. The highest BCUT2D eigenvalue weighted by Crippen LogP contribution is 2.35. The molecule has 112 valence electrons. The van der Waals surface area contributed by atoms with Gasteiger partial charge in [0.2, 0.25) is 0 Å². The van der Waals surface area contributed by atoms with Crippen LogP contribution in [0.25, 0.3) is 31.8 Å². The van der Waals surface area contributed by atoms with E-state index in [1.54, 1.807) is 0 Å². The van der Waals surface area contributed by atoms with Crippen LogP contribution in [0.4, 0.5) is 0 Å². The Hall–Kier alpha value is -2.45. The number of benzene rings is 2. The fourth-order valence-electron chi connectivity index (χ4n) is 2.96. The SMILES string of the molecule is Cc1cc(C)cc(-c2cc3cnc(-c4ccccc4)cc3s2)c1. The van der Waals surface area contributed by atoms with E-state index in [1.165, 1.54) is 31.7 Å². The lowest BCUT2D eigenvalue weighted by Crippen LogP contribution is -1.81. The van der Waals surface area contributed by atoms with Crippen molar-refractivity contribution in [2.75, 3.05) is 0 Å². The van der Waals surface area contributed by atoms with Crippen molar-refractivity contribution in [1.29, 1.82) is 0 Å². The molecule has 0 aliphatic carbocycles. The molecule has 4 aromatic rings. The molecule has 0 saturated carbocycles. The third kappa shape index (κ3) is 2.78. The van der Waals surface area contributed by atoms with Gasteiger partial charge >= 0.3 is 0 Å². The summed E-state index contributed by atoms with van der Waals surface area (Å²) in [6.45, 7) is 4.30. The summed E-state index contributed by atoms with van der Waals surface area (Å²) in [4.78, 5) is 5.93. The summed E-state index contributed by atoms with van der Waals surface area (Å²) >= 11 is 1.84. The van der Waals surface area contributed by atoms with Crippen molar-refractivity contribution < 1.29 is 0 Å². The van der Waals surface area contributed by atoms with E-state index < -0.39 is 0 Å². The number of rotatable bonds is 2. The first-order valence-corrected chi connectivity index (χ1v) is 8.54. The second-order valence-electron chi connectivity index (χ2n) is 5.96. The van der Waals surface area contributed by atoms with E-state index in [-0.39, 0.29) is 0 Å². The zero-order valence-electron chi connectivity index (χ0n) is 13.2. The van der Waals surface area contributed by atoms with E-state index in [0.717, 1.165) is 11.3 Å². The van der Waals surface area contributed by atoms with Crippen molar-refractivity contribution in [2.24, 2.45) is 0 Å². The molecule has 0 spiro atoms. The van der Waals surface area contributed by atoms with Crippen molar-refractivity contribution >= 4 is 21.4 Å². The average molecular weight is 315 g/mol. The molecule has 0 aliphatic heterocycles. The summed E-state index contributed by atoms with van der Waals surface area (Å²) < 4.78 is 1.29. The lowest BCUT2D eigenvalue weighted by atomic mass is 10.1. The van der Waals surface area contributed by atoms with Crippen LogP contribution in [0.5, 0.6) is 0 Å². The minimum Gasteiger partial charge on any atom is -0.256 e. The van der Waals surface area contributed by atoms with E-state index >= 15 is 0 Å². The number of pyridine rings is 1. The summed E-state index contributed by atoms with van der Waals surface area (Å²) in [5.74, 6) is 0. The molecule has 0 radical (unpaired) electrons. The van der Waals surface area contributed by atoms with Gasteiger partial charge in [0.25, 0.3) is 0 Å². The molecule has 23 heavy (non-hydrogen) atoms. The Morgan fingerprint density at radius 1 is 0.783 bits per heavy atom. The monoisotopic (exact) mass is 315 g/mol. The predicted molar refractivity (Wildman–Crippen MR) is 100.0 cm³/mol. The van der Waals surface area contributed by atoms with E-state index in [9.17, 15) is 0 Å². The molecule has 0 fully saturated rings. The minimum absolute atomic E-state index is 1.03. The summed E-state index contributed by atoms with van der Waals surface area (Å²) in [6.07, 6.45) is 1.99. The Kier molecular flexibility index (Phi) is 3.47. The third-order valence-electron chi connectivity index (χ3n) is 3.98. The van der Waals surface area contributed by atoms with Crippen molar-refractivity contribution in [3.8, 4) is 21.7 Å². The van der Waals surface area contributed by atoms with Gasteiger partial charge in [-0.25, -0.2) is 0 Å². The number of aromatic nitrogens is 1. The van der Waals surface area contributed by atoms with Crippen molar-refractivity contribution in [2.45, 2.75) is 13.8 Å². The molecule has 0 unspecified atom stereocenters. The zero-order valence-corrected chi connectivity index (χ0v) is 14.0. The minimum atomic E-state index is 1.03. The van der Waals surface area contributed by atoms with Gasteiger partial charge in [0.15, 0.2) is 0 Å². The molecule has 4 rings (SSSR count). The highest BCUT2D eigenvalue weighted by Gasteiger charge is 2.08. The van der Waals surface area contributed by atoms with Gasteiger partial charge < -0.3 is 0 Å². The molecule has 2 heteroatoms. The Balaban J connectivity index is 1.82. The Bertz CT molecular complexity index is 963. The molecular weight excluding hydrogens is 298 g/mol. The number of hydrogen-bond donors (Lipinski definition) is 0. The Labute approximate surface area is 140 Å². The maximum atomic E-state index is 4.63. The van der Waals surface area contributed by atoms with Crippen LogP contribution >= 0.6 is 11.3 Å². The molecular formula is C21H17NS. The van der Waals surface area contributed by atoms with Crippen LogP contribution in [0.1, 0.15) is 11.1 Å². The van der Waals surface area contributed by atoms with Gasteiger partial charge in [0.1, 0.15) is 0 Å². The molecule has 0 amide bonds. The molecule has 2 aromatic heterocycles. The first-order valence-electron chi connectivity index (χ1n) is 7.73. The fraction of sp³-hybridized carbons (Fsp3) is 0.0952. The zero-order chi connectivity index (χ0) is 15.8. The van der Waals surface area contributed by atoms with Crippen LogP contribution in [0.2, 0.25) is 0 Å². The van der Waals surface area contributed by atoms with Crippen LogP contribution in [-0.2, 0) is 0 Å². The lowest BCUT2D eigenvalue weighted by molar-refractivity contribution is 1.36. The van der Waals surface area contributed by atoms with Crippen LogP contribution in [0, 0.1) is 13.8 Å². The average Bonchev–Trinajstić information content (AvgIpc) is 2.98. The predicted octanol–water partition coefficient (Wildman–Crippen LogP) is 6.25. The second-order valence-corrected chi connectivity index (χ2v) is 7.04. The molecule has 0 atom stereocenters. The van der Waals surface area contributed by atoms with Gasteiger partial charge in [0, 0.05) is 26.7 Å². The summed E-state index contributed by atoms with van der Waals surface area (Å²) in [5.41, 5.74) is 6.11. The van der Waals surface area contributed by atoms with Crippen molar-refractivity contribution in [3.05, 3.63) is 78.0 Å². The number of hydrogen-bond acceptors (Lipinski definition) is 2. The molecule has 1 nitrogen and oxygen atoms in total. The van der Waals surface area contributed by atoms with Crippen molar-refractivity contribution in [3.63, 3.8) is 0 Å². The van der Waals surface area contributed by atoms with Gasteiger partial charge in [-0.05, 0) is 31.5 Å². The summed E-state index contributed by atoms with van der Waals surface area (Å²) in [6, 6.07) is 21.5. The number of aryl methyl sites for hydroxylation is 2. The maximum absolute atomic E-state index is 4.63. The van der Waals surface area contributed by atoms with Crippen LogP contribution in [0.15, 0.2) is 66.9 Å². The quantitative estimate of drug-likeness (QED) is 0.426. The van der Waals surface area contributed by atoms with E-state index in [2.05, 4.69) is 73.4 Å². The lowest BCUT2D eigenvalue weighted by Gasteiger charge is -2.01. The van der Waals surface area contributed by atoms with E-state index in [0.29, 0.717) is 0 Å². The summed E-state index contributed by atoms with van der Waals surface area (Å²) in [5, 5.41) is 1.21. The van der Waals surface area contributed by atoms with Gasteiger partial charge in [-0.15, -0.1) is 11.3 Å². The fourth-order valence-corrected chi connectivity index (χ4v) is 4.02. The van der Waals surface area contributed by atoms with E-state index in [4.69, 9.17) is 0 Å². The van der Waals surface area contributed by atoms with Gasteiger partial charge in [-0.3, -0.25) is 4.98 Å². The van der Waals surface area contributed by atoms with E-state index in [1.807, 2.05) is 23.6 Å². The molecule has 0 N–H and O–H groups in total. The molecule has 2 heterocycles. The Morgan fingerprint density at radius 2 is 1.52 bits per heavy atom. The highest BCUT2D eigenvalue weighted by atomic mass is 32.1. The smallest absolute Gasteiger partial charge is 0.0716 e. The normalized spacial score (nSPS) is 11.0. The van der Waals surface area contributed by atoms with Crippen LogP contribution in [-0.4, -0.2) is 4.98 Å². The van der Waals surface area contributed by atoms with Gasteiger partial charge in [-0.1, -0.05) is 59.7 Å². The molecule has 0 bridgehead atoms. The first-order chi connectivity index (χ1) is 11.2. The van der Waals surface area contributed by atoms with Crippen LogP contribution in [0.3, 0.4) is 0 Å². The number of fused-ring (bicyclic) bond motifs is 1. The largest absolute Gasteiger partial charge is 0.256 e. The van der Waals surface area contributed by atoms with Crippen molar-refractivity contribution in [1.82, 2.24) is 4.98 Å². The maximum Gasteiger partial charge on any atom is 0.0716 e. The number of thiophene rings is 1. The molecule has 0 saturated heterocycles. The first kappa shape index (κ1) is 14.2. The standard InChI is InChI=1S/C21H17NS/c1-14-8-15(2)10-17(9-14)20-11-18-13-22-19(12-21(18)23-20)16-6-4-3-5-7-16/h3-13H,1-2H3. The van der Waals surface area contributed by atoms with Gasteiger partial charge in [-0.2, -0.15) is 0 Å². The molecule has 2 aromatic carbocycles. The third-order valence-corrected chi connectivity index (χ3v) is 5.12. The summed E-state index contributed by atoms with van der Waals surface area (Å²) in [7, 11) is 0. The Morgan fingerprint density at radius 3 is 2.26 bits per heavy atom. The van der Waals surface area contributed by atoms with Gasteiger partial charge in [0.05, 0.1) is 5.69 Å². The number of nitrogens with zero attached hydrogens (tertiary/aromatic N) is 1. The van der Waals surface area contributed by atoms with Crippen LogP contribution < -0.4 is 0 Å².